The summed E-state index contributed by atoms with van der Waals surface area (Å²) >= 11 is 0. The van der Waals surface area contributed by atoms with Crippen molar-refractivity contribution in [2.75, 3.05) is 0 Å². The number of para-hydroxylation sites is 2. The van der Waals surface area contributed by atoms with E-state index >= 15 is 0 Å². The van der Waals surface area contributed by atoms with E-state index in [0.717, 1.165) is 76.8 Å². The molecular formula is C39H22N4O2. The minimum atomic E-state index is 0.549. The van der Waals surface area contributed by atoms with Crippen LogP contribution in [0.25, 0.3) is 94.4 Å². The minimum absolute atomic E-state index is 0.549. The summed E-state index contributed by atoms with van der Waals surface area (Å²) in [5.41, 5.74) is 7.12. The normalized spacial score (nSPS) is 12.0. The molecule has 4 heterocycles. The lowest BCUT2D eigenvalue weighted by Gasteiger charge is -2.10. The summed E-state index contributed by atoms with van der Waals surface area (Å²) in [6, 6.07) is 45.0. The molecule has 0 unspecified atom stereocenters. The number of hydrogen-bond acceptors (Lipinski definition) is 5. The van der Waals surface area contributed by atoms with Gasteiger partial charge in [-0.15, -0.1) is 0 Å². The Balaban J connectivity index is 1.31. The van der Waals surface area contributed by atoms with E-state index in [1.54, 1.807) is 0 Å². The molecule has 6 nitrogen and oxygen atoms in total. The Morgan fingerprint density at radius 2 is 1.00 bits per heavy atom. The van der Waals surface area contributed by atoms with Crippen molar-refractivity contribution in [3.8, 4) is 28.7 Å². The zero-order valence-electron chi connectivity index (χ0n) is 23.8. The van der Waals surface area contributed by atoms with Crippen molar-refractivity contribution >= 4 is 65.7 Å². The Kier molecular flexibility index (Phi) is 4.90. The van der Waals surface area contributed by atoms with Crippen LogP contribution in [-0.4, -0.2) is 19.5 Å². The molecule has 0 aliphatic carbocycles. The number of hydrogen-bond donors (Lipinski definition) is 0. The van der Waals surface area contributed by atoms with E-state index in [-0.39, 0.29) is 0 Å². The average Bonchev–Trinajstić information content (AvgIpc) is 3.78. The molecule has 10 aromatic rings. The van der Waals surface area contributed by atoms with Gasteiger partial charge in [0.2, 0.25) is 5.95 Å². The first-order chi connectivity index (χ1) is 22.3. The SMILES string of the molecule is c1ccc(-c2nc(-c3ccccc3)nc(-n3c4ccccc4c4c5oc6c(ccc7oc8ccccc8c76)c5ccc43)n2)cc1. The first-order valence-corrected chi connectivity index (χ1v) is 14.9. The second-order valence-corrected chi connectivity index (χ2v) is 11.2. The van der Waals surface area contributed by atoms with Gasteiger partial charge in [-0.3, -0.25) is 4.57 Å². The van der Waals surface area contributed by atoms with E-state index in [1.807, 2.05) is 91.0 Å². The summed E-state index contributed by atoms with van der Waals surface area (Å²) in [5.74, 6) is 1.78. The lowest BCUT2D eigenvalue weighted by Crippen LogP contribution is -2.06. The van der Waals surface area contributed by atoms with Crippen LogP contribution >= 0.6 is 0 Å². The van der Waals surface area contributed by atoms with E-state index in [2.05, 4.69) is 47.0 Å². The van der Waals surface area contributed by atoms with Crippen LogP contribution in [0.4, 0.5) is 0 Å². The molecule has 0 aliphatic rings. The fourth-order valence-corrected chi connectivity index (χ4v) is 6.67. The predicted octanol–water partition coefficient (Wildman–Crippen LogP) is 10.1. The average molecular weight is 579 g/mol. The van der Waals surface area contributed by atoms with Gasteiger partial charge in [0.25, 0.3) is 0 Å². The Hall–Kier alpha value is -6.27. The van der Waals surface area contributed by atoms with E-state index in [1.165, 1.54) is 0 Å². The molecule has 6 heteroatoms. The lowest BCUT2D eigenvalue weighted by atomic mass is 10.1. The maximum Gasteiger partial charge on any atom is 0.238 e. The molecule has 210 valence electrons. The second kappa shape index (κ2) is 9.11. The Labute approximate surface area is 255 Å². The first kappa shape index (κ1) is 24.2. The van der Waals surface area contributed by atoms with Crippen molar-refractivity contribution in [3.63, 3.8) is 0 Å². The number of rotatable bonds is 3. The molecule has 0 atom stereocenters. The summed E-state index contributed by atoms with van der Waals surface area (Å²) < 4.78 is 15.2. The summed E-state index contributed by atoms with van der Waals surface area (Å²) in [5, 5.41) is 6.23. The highest BCUT2D eigenvalue weighted by atomic mass is 16.3. The zero-order chi connectivity index (χ0) is 29.5. The van der Waals surface area contributed by atoms with Crippen LogP contribution in [0.1, 0.15) is 0 Å². The van der Waals surface area contributed by atoms with Crippen molar-refractivity contribution in [1.29, 1.82) is 0 Å². The van der Waals surface area contributed by atoms with Crippen LogP contribution in [0.2, 0.25) is 0 Å². The summed E-state index contributed by atoms with van der Waals surface area (Å²) in [7, 11) is 0. The van der Waals surface area contributed by atoms with Gasteiger partial charge in [-0.05, 0) is 36.4 Å². The number of fused-ring (bicyclic) bond motifs is 11. The first-order valence-electron chi connectivity index (χ1n) is 14.9. The number of nitrogens with zero attached hydrogens (tertiary/aromatic N) is 4. The van der Waals surface area contributed by atoms with Gasteiger partial charge in [-0.25, -0.2) is 4.98 Å². The van der Waals surface area contributed by atoms with Crippen LogP contribution in [0.5, 0.6) is 0 Å². The maximum atomic E-state index is 6.86. The van der Waals surface area contributed by atoms with Crippen molar-refractivity contribution in [3.05, 3.63) is 133 Å². The number of furan rings is 2. The van der Waals surface area contributed by atoms with Crippen molar-refractivity contribution < 1.29 is 8.83 Å². The lowest BCUT2D eigenvalue weighted by molar-refractivity contribution is 0.664. The highest BCUT2D eigenvalue weighted by Gasteiger charge is 2.23. The molecule has 6 aromatic carbocycles. The topological polar surface area (TPSA) is 69.9 Å². The quantitative estimate of drug-likeness (QED) is 0.209. The van der Waals surface area contributed by atoms with Gasteiger partial charge < -0.3 is 8.83 Å². The third-order valence-electron chi connectivity index (χ3n) is 8.67. The highest BCUT2D eigenvalue weighted by Crippen LogP contribution is 2.43. The van der Waals surface area contributed by atoms with E-state index < -0.39 is 0 Å². The smallest absolute Gasteiger partial charge is 0.238 e. The largest absolute Gasteiger partial charge is 0.456 e. The van der Waals surface area contributed by atoms with Gasteiger partial charge in [0.05, 0.1) is 21.8 Å². The molecular weight excluding hydrogens is 556 g/mol. The Morgan fingerprint density at radius 1 is 0.400 bits per heavy atom. The molecule has 10 rings (SSSR count). The van der Waals surface area contributed by atoms with Crippen molar-refractivity contribution in [2.24, 2.45) is 0 Å². The van der Waals surface area contributed by atoms with E-state index in [9.17, 15) is 0 Å². The fourth-order valence-electron chi connectivity index (χ4n) is 6.67. The summed E-state index contributed by atoms with van der Waals surface area (Å²) in [6.07, 6.45) is 0. The molecule has 45 heavy (non-hydrogen) atoms. The van der Waals surface area contributed by atoms with E-state index in [0.29, 0.717) is 17.6 Å². The molecule has 0 spiro atoms. The molecule has 0 bridgehead atoms. The molecule has 0 fully saturated rings. The van der Waals surface area contributed by atoms with Crippen LogP contribution in [-0.2, 0) is 0 Å². The van der Waals surface area contributed by atoms with Gasteiger partial charge in [0, 0.05) is 32.7 Å². The number of benzene rings is 6. The molecule has 0 amide bonds. The van der Waals surface area contributed by atoms with E-state index in [4.69, 9.17) is 23.8 Å². The standard InChI is InChI=1S/C39H22N4O2/c1-3-11-23(12-4-1)37-40-38(24-13-5-2-6-14-24)42-39(41-37)43-29-17-9-7-15-27(29)33-30(43)21-19-25-26-20-22-32-34(36(26)45-35(25)33)28-16-8-10-18-31(28)44-32/h1-22H. The monoisotopic (exact) mass is 578 g/mol. The third kappa shape index (κ3) is 3.48. The van der Waals surface area contributed by atoms with Gasteiger partial charge in [0.15, 0.2) is 11.6 Å². The van der Waals surface area contributed by atoms with Gasteiger partial charge in [-0.1, -0.05) is 97.1 Å². The molecule has 0 N–H and O–H groups in total. The zero-order valence-corrected chi connectivity index (χ0v) is 23.8. The van der Waals surface area contributed by atoms with Crippen LogP contribution in [0.15, 0.2) is 142 Å². The highest BCUT2D eigenvalue weighted by molar-refractivity contribution is 6.28. The van der Waals surface area contributed by atoms with Gasteiger partial charge in [0.1, 0.15) is 22.3 Å². The van der Waals surface area contributed by atoms with Crippen molar-refractivity contribution in [2.45, 2.75) is 0 Å². The van der Waals surface area contributed by atoms with Crippen LogP contribution in [0, 0.1) is 0 Å². The molecule has 0 radical (unpaired) electrons. The molecule has 0 saturated carbocycles. The van der Waals surface area contributed by atoms with Gasteiger partial charge >= 0.3 is 0 Å². The van der Waals surface area contributed by atoms with Crippen LogP contribution < -0.4 is 0 Å². The van der Waals surface area contributed by atoms with Crippen LogP contribution in [0.3, 0.4) is 0 Å². The molecule has 0 saturated heterocycles. The summed E-state index contributed by atoms with van der Waals surface area (Å²) in [6.45, 7) is 0. The minimum Gasteiger partial charge on any atom is -0.456 e. The second-order valence-electron chi connectivity index (χ2n) is 11.2. The molecule has 4 aromatic heterocycles. The van der Waals surface area contributed by atoms with Crippen molar-refractivity contribution in [1.82, 2.24) is 19.5 Å². The third-order valence-corrected chi connectivity index (χ3v) is 8.67. The molecule has 0 aliphatic heterocycles. The van der Waals surface area contributed by atoms with Gasteiger partial charge in [-0.2, -0.15) is 9.97 Å². The summed E-state index contributed by atoms with van der Waals surface area (Å²) in [4.78, 5) is 15.0. The maximum absolute atomic E-state index is 6.86. The predicted molar refractivity (Wildman–Crippen MR) is 180 cm³/mol. The Bertz CT molecular complexity index is 2700. The fraction of sp³-hybridized carbons (Fsp3) is 0. The number of aromatic nitrogens is 4. The Morgan fingerprint density at radius 3 is 1.73 bits per heavy atom.